The highest BCUT2D eigenvalue weighted by atomic mass is 79.9. The normalized spacial score (nSPS) is 11.0. The average Bonchev–Trinajstić information content (AvgIpc) is 3.13. The number of aromatic amines is 1. The number of benzene rings is 2. The minimum absolute atomic E-state index is 0.0152. The third-order valence-corrected chi connectivity index (χ3v) is 5.31. The lowest BCUT2D eigenvalue weighted by molar-refractivity contribution is 0.0927. The maximum absolute atomic E-state index is 12.9. The number of aromatic nitrogens is 2. The third kappa shape index (κ3) is 3.36. The highest BCUT2D eigenvalue weighted by Gasteiger charge is 2.19. The van der Waals surface area contributed by atoms with Crippen molar-refractivity contribution in [3.05, 3.63) is 84.4 Å². The molecule has 0 aliphatic carbocycles. The van der Waals surface area contributed by atoms with Crippen molar-refractivity contribution < 1.29 is 9.21 Å². The van der Waals surface area contributed by atoms with Crippen LogP contribution in [0.2, 0.25) is 0 Å². The number of rotatable bonds is 2. The fraction of sp³-hybridized carbons (Fsp3) is 0. The Balaban J connectivity index is 1.81. The lowest BCUT2D eigenvalue weighted by Gasteiger charge is -2.06. The molecule has 0 radical (unpaired) electrons. The van der Waals surface area contributed by atoms with Gasteiger partial charge in [0.2, 0.25) is 0 Å². The van der Waals surface area contributed by atoms with Crippen molar-refractivity contribution in [2.24, 2.45) is 0 Å². The molecule has 5 nitrogen and oxygen atoms in total. The molecule has 27 heavy (non-hydrogen) atoms. The SMILES string of the molecule is O=C(c1ccc(-c2ccc(Br)cc2)o1)n1c(=S)[nH]c2ccc(Br)cc2c1=O. The molecule has 4 aromatic rings. The van der Waals surface area contributed by atoms with E-state index < -0.39 is 11.5 Å². The van der Waals surface area contributed by atoms with Gasteiger partial charge in [-0.3, -0.25) is 9.59 Å². The fourth-order valence-corrected chi connectivity index (χ4v) is 3.60. The Kier molecular flexibility index (Phi) is 4.71. The van der Waals surface area contributed by atoms with Crippen molar-refractivity contribution in [1.82, 2.24) is 9.55 Å². The van der Waals surface area contributed by atoms with E-state index in [1.807, 2.05) is 24.3 Å². The maximum atomic E-state index is 12.9. The summed E-state index contributed by atoms with van der Waals surface area (Å²) >= 11 is 11.9. The van der Waals surface area contributed by atoms with E-state index in [2.05, 4.69) is 36.8 Å². The van der Waals surface area contributed by atoms with E-state index in [0.29, 0.717) is 16.7 Å². The van der Waals surface area contributed by atoms with Gasteiger partial charge in [0.15, 0.2) is 10.5 Å². The van der Waals surface area contributed by atoms with E-state index >= 15 is 0 Å². The van der Waals surface area contributed by atoms with E-state index in [0.717, 1.165) is 19.1 Å². The van der Waals surface area contributed by atoms with E-state index in [1.54, 1.807) is 24.3 Å². The number of nitrogens with one attached hydrogen (secondary N) is 1. The first-order valence-corrected chi connectivity index (χ1v) is 9.78. The van der Waals surface area contributed by atoms with Gasteiger partial charge in [-0.2, -0.15) is 0 Å². The Morgan fingerprint density at radius 1 is 1.00 bits per heavy atom. The highest BCUT2D eigenvalue weighted by Crippen LogP contribution is 2.24. The van der Waals surface area contributed by atoms with Gasteiger partial charge in [0.05, 0.1) is 10.9 Å². The summed E-state index contributed by atoms with van der Waals surface area (Å²) in [5.41, 5.74) is 0.881. The molecule has 0 bridgehead atoms. The van der Waals surface area contributed by atoms with Gasteiger partial charge < -0.3 is 9.40 Å². The lowest BCUT2D eigenvalue weighted by atomic mass is 10.2. The third-order valence-electron chi connectivity index (χ3n) is 4.01. The monoisotopic (exact) mass is 504 g/mol. The molecule has 0 unspecified atom stereocenters. The molecule has 2 aromatic heterocycles. The van der Waals surface area contributed by atoms with E-state index in [4.69, 9.17) is 16.6 Å². The molecule has 0 fully saturated rings. The molecule has 0 spiro atoms. The molecule has 134 valence electrons. The lowest BCUT2D eigenvalue weighted by Crippen LogP contribution is -2.28. The topological polar surface area (TPSA) is 68.0 Å². The van der Waals surface area contributed by atoms with Gasteiger partial charge in [0.1, 0.15) is 5.76 Å². The number of fused-ring (bicyclic) bond motifs is 1. The second-order valence-electron chi connectivity index (χ2n) is 5.74. The number of halogens is 2. The second-order valence-corrected chi connectivity index (χ2v) is 7.95. The zero-order valence-corrected chi connectivity index (χ0v) is 17.5. The van der Waals surface area contributed by atoms with Gasteiger partial charge in [0.25, 0.3) is 5.56 Å². The standard InChI is InChI=1S/C19H10Br2N2O3S/c20-11-3-1-10(2-4-11)15-7-8-16(26-15)18(25)23-17(24)13-9-12(21)5-6-14(13)22-19(23)27/h1-9H,(H,22,27). The van der Waals surface area contributed by atoms with E-state index in [1.165, 1.54) is 6.07 Å². The number of carbonyl (C=O) groups is 1. The molecule has 2 heterocycles. The number of H-pyrrole nitrogens is 1. The van der Waals surface area contributed by atoms with Crippen LogP contribution in [-0.4, -0.2) is 15.5 Å². The van der Waals surface area contributed by atoms with Gasteiger partial charge in [-0.15, -0.1) is 0 Å². The zero-order chi connectivity index (χ0) is 19.1. The zero-order valence-electron chi connectivity index (χ0n) is 13.5. The van der Waals surface area contributed by atoms with Crippen molar-refractivity contribution in [3.63, 3.8) is 0 Å². The Morgan fingerprint density at radius 2 is 1.70 bits per heavy atom. The first kappa shape index (κ1) is 18.1. The van der Waals surface area contributed by atoms with Gasteiger partial charge >= 0.3 is 5.91 Å². The van der Waals surface area contributed by atoms with Crippen molar-refractivity contribution in [2.75, 3.05) is 0 Å². The number of hydrogen-bond acceptors (Lipinski definition) is 4. The Morgan fingerprint density at radius 3 is 2.44 bits per heavy atom. The summed E-state index contributed by atoms with van der Waals surface area (Å²) in [6, 6.07) is 15.9. The molecule has 4 rings (SSSR count). The summed E-state index contributed by atoms with van der Waals surface area (Å²) in [6.07, 6.45) is 0. The van der Waals surface area contributed by atoms with Crippen molar-refractivity contribution in [1.29, 1.82) is 0 Å². The van der Waals surface area contributed by atoms with E-state index in [-0.39, 0.29) is 10.5 Å². The predicted molar refractivity (Wildman–Crippen MR) is 113 cm³/mol. The summed E-state index contributed by atoms with van der Waals surface area (Å²) in [5.74, 6) is -0.0623. The molecule has 0 aliphatic heterocycles. The van der Waals surface area contributed by atoms with Crippen LogP contribution in [0.5, 0.6) is 0 Å². The van der Waals surface area contributed by atoms with Crippen LogP contribution in [0.3, 0.4) is 0 Å². The van der Waals surface area contributed by atoms with Crippen LogP contribution in [0.1, 0.15) is 10.6 Å². The molecular weight excluding hydrogens is 496 g/mol. The number of furan rings is 1. The van der Waals surface area contributed by atoms with Gasteiger partial charge in [-0.1, -0.05) is 44.0 Å². The number of carbonyl (C=O) groups excluding carboxylic acids is 1. The summed E-state index contributed by atoms with van der Waals surface area (Å²) in [6.45, 7) is 0. The Labute approximate surface area is 174 Å². The minimum atomic E-state index is -0.619. The summed E-state index contributed by atoms with van der Waals surface area (Å²) in [5, 5.41) is 0.353. The summed E-state index contributed by atoms with van der Waals surface area (Å²) < 4.78 is 8.27. The first-order chi connectivity index (χ1) is 12.9. The van der Waals surface area contributed by atoms with Gasteiger partial charge in [-0.25, -0.2) is 4.57 Å². The van der Waals surface area contributed by atoms with Crippen LogP contribution >= 0.6 is 44.1 Å². The molecule has 0 saturated carbocycles. The van der Waals surface area contributed by atoms with E-state index in [9.17, 15) is 9.59 Å². The highest BCUT2D eigenvalue weighted by molar-refractivity contribution is 9.10. The van der Waals surface area contributed by atoms with Crippen LogP contribution in [0.4, 0.5) is 0 Å². The molecule has 8 heteroatoms. The first-order valence-electron chi connectivity index (χ1n) is 7.79. The smallest absolute Gasteiger partial charge is 0.302 e. The number of nitrogens with zero attached hydrogens (tertiary/aromatic N) is 1. The predicted octanol–water partition coefficient (Wildman–Crippen LogP) is 5.53. The molecule has 0 aliphatic rings. The Bertz CT molecular complexity index is 1300. The molecule has 0 atom stereocenters. The van der Waals surface area contributed by atoms with Crippen molar-refractivity contribution >= 4 is 60.9 Å². The van der Waals surface area contributed by atoms with Gasteiger partial charge in [-0.05, 0) is 54.7 Å². The molecule has 1 N–H and O–H groups in total. The summed E-state index contributed by atoms with van der Waals surface area (Å²) in [4.78, 5) is 28.6. The van der Waals surface area contributed by atoms with Crippen LogP contribution in [0.15, 0.2) is 72.8 Å². The fourth-order valence-electron chi connectivity index (χ4n) is 2.70. The quantitative estimate of drug-likeness (QED) is 0.363. The van der Waals surface area contributed by atoms with Crippen molar-refractivity contribution in [3.8, 4) is 11.3 Å². The minimum Gasteiger partial charge on any atom is -0.451 e. The van der Waals surface area contributed by atoms with Crippen LogP contribution in [0.25, 0.3) is 22.2 Å². The second kappa shape index (κ2) is 7.03. The van der Waals surface area contributed by atoms with Gasteiger partial charge in [0, 0.05) is 14.5 Å². The Hall–Kier alpha value is -2.29. The largest absolute Gasteiger partial charge is 0.451 e. The molecule has 2 aromatic carbocycles. The number of hydrogen-bond donors (Lipinski definition) is 1. The van der Waals surface area contributed by atoms with Crippen molar-refractivity contribution in [2.45, 2.75) is 0 Å². The van der Waals surface area contributed by atoms with Crippen LogP contribution in [0, 0.1) is 4.77 Å². The average molecular weight is 506 g/mol. The van der Waals surface area contributed by atoms with Crippen LogP contribution in [-0.2, 0) is 0 Å². The molecule has 0 saturated heterocycles. The molecule has 0 amide bonds. The molecular formula is C19H10Br2N2O3S. The van der Waals surface area contributed by atoms with Crippen LogP contribution < -0.4 is 5.56 Å². The summed E-state index contributed by atoms with van der Waals surface area (Å²) in [7, 11) is 0. The maximum Gasteiger partial charge on any atom is 0.302 e.